The Bertz CT molecular complexity index is 857. The van der Waals surface area contributed by atoms with Gasteiger partial charge in [0.05, 0.1) is 0 Å². The number of hydrogen-bond acceptors (Lipinski definition) is 5. The molecule has 0 unspecified atom stereocenters. The molecule has 2 amide bonds. The van der Waals surface area contributed by atoms with E-state index in [1.807, 2.05) is 19.1 Å². The molecule has 0 aromatic carbocycles. The molecule has 28 heavy (non-hydrogen) atoms. The van der Waals surface area contributed by atoms with Crippen molar-refractivity contribution in [1.29, 1.82) is 0 Å². The monoisotopic (exact) mass is 379 g/mol. The fourth-order valence-electron chi connectivity index (χ4n) is 4.70. The SMILES string of the molecule is Cc1cccc(C(=O)N[C@@]23CCC[C@](NC(=O)c4ccnc(C)n4)(CC2)C3)n1. The number of aromatic nitrogens is 3. The van der Waals surface area contributed by atoms with Gasteiger partial charge < -0.3 is 10.6 Å². The van der Waals surface area contributed by atoms with Gasteiger partial charge in [-0.15, -0.1) is 0 Å². The molecular formula is C21H25N5O2. The summed E-state index contributed by atoms with van der Waals surface area (Å²) in [5.41, 5.74) is 1.08. The molecule has 4 rings (SSSR count). The summed E-state index contributed by atoms with van der Waals surface area (Å²) >= 11 is 0. The van der Waals surface area contributed by atoms with Crippen LogP contribution in [0.25, 0.3) is 0 Å². The number of hydrogen-bond donors (Lipinski definition) is 2. The highest BCUT2D eigenvalue weighted by atomic mass is 16.2. The Hall–Kier alpha value is -2.83. The molecule has 0 spiro atoms. The molecule has 2 bridgehead atoms. The molecule has 2 aromatic rings. The van der Waals surface area contributed by atoms with Gasteiger partial charge in [0.25, 0.3) is 11.8 Å². The van der Waals surface area contributed by atoms with E-state index in [-0.39, 0.29) is 22.9 Å². The average Bonchev–Trinajstić information content (AvgIpc) is 2.91. The minimum absolute atomic E-state index is 0.140. The van der Waals surface area contributed by atoms with Crippen LogP contribution in [0.15, 0.2) is 30.5 Å². The Labute approximate surface area is 164 Å². The predicted molar refractivity (Wildman–Crippen MR) is 104 cm³/mol. The van der Waals surface area contributed by atoms with Crippen LogP contribution in [0.2, 0.25) is 0 Å². The van der Waals surface area contributed by atoms with Gasteiger partial charge in [-0.3, -0.25) is 9.59 Å². The first-order valence-corrected chi connectivity index (χ1v) is 9.77. The average molecular weight is 379 g/mol. The second kappa shape index (κ2) is 6.96. The number of carbonyl (C=O) groups is 2. The Morgan fingerprint density at radius 3 is 2.14 bits per heavy atom. The highest BCUT2D eigenvalue weighted by Crippen LogP contribution is 2.48. The van der Waals surface area contributed by atoms with Gasteiger partial charge in [-0.1, -0.05) is 6.07 Å². The van der Waals surface area contributed by atoms with E-state index >= 15 is 0 Å². The van der Waals surface area contributed by atoms with Crippen LogP contribution in [0.5, 0.6) is 0 Å². The molecule has 2 aliphatic carbocycles. The van der Waals surface area contributed by atoms with Crippen molar-refractivity contribution in [2.45, 2.75) is 63.5 Å². The molecule has 2 N–H and O–H groups in total. The van der Waals surface area contributed by atoms with E-state index in [1.54, 1.807) is 25.3 Å². The van der Waals surface area contributed by atoms with Crippen molar-refractivity contribution in [1.82, 2.24) is 25.6 Å². The zero-order valence-electron chi connectivity index (χ0n) is 16.3. The summed E-state index contributed by atoms with van der Waals surface area (Å²) in [6.07, 6.45) is 6.86. The predicted octanol–water partition coefficient (Wildman–Crippen LogP) is 2.49. The number of nitrogens with zero attached hydrogens (tertiary/aromatic N) is 3. The molecule has 2 fully saturated rings. The zero-order chi connectivity index (χ0) is 19.8. The first kappa shape index (κ1) is 18.5. The fourth-order valence-corrected chi connectivity index (χ4v) is 4.70. The Morgan fingerprint density at radius 2 is 1.54 bits per heavy atom. The van der Waals surface area contributed by atoms with Crippen LogP contribution < -0.4 is 10.6 Å². The van der Waals surface area contributed by atoms with Gasteiger partial charge in [0.1, 0.15) is 17.2 Å². The Kier molecular flexibility index (Phi) is 4.61. The lowest BCUT2D eigenvalue weighted by atomic mass is 9.78. The van der Waals surface area contributed by atoms with Crippen molar-refractivity contribution in [3.63, 3.8) is 0 Å². The summed E-state index contributed by atoms with van der Waals surface area (Å²) < 4.78 is 0. The second-order valence-corrected chi connectivity index (χ2v) is 8.15. The lowest BCUT2D eigenvalue weighted by Crippen LogP contribution is -2.55. The fraction of sp³-hybridized carbons (Fsp3) is 0.476. The van der Waals surface area contributed by atoms with Gasteiger partial charge in [-0.05, 0) is 70.6 Å². The van der Waals surface area contributed by atoms with Crippen molar-refractivity contribution in [3.05, 3.63) is 53.4 Å². The first-order chi connectivity index (χ1) is 13.4. The van der Waals surface area contributed by atoms with Crippen molar-refractivity contribution in [2.24, 2.45) is 0 Å². The number of nitrogens with one attached hydrogen (secondary N) is 2. The maximum atomic E-state index is 12.8. The Balaban J connectivity index is 1.48. The lowest BCUT2D eigenvalue weighted by Gasteiger charge is -2.40. The second-order valence-electron chi connectivity index (χ2n) is 8.15. The number of pyridine rings is 1. The van der Waals surface area contributed by atoms with E-state index in [9.17, 15) is 9.59 Å². The van der Waals surface area contributed by atoms with Gasteiger partial charge >= 0.3 is 0 Å². The number of amides is 2. The summed E-state index contributed by atoms with van der Waals surface area (Å²) in [6, 6.07) is 7.09. The molecule has 0 saturated heterocycles. The maximum Gasteiger partial charge on any atom is 0.270 e. The summed E-state index contributed by atoms with van der Waals surface area (Å²) in [4.78, 5) is 38.1. The smallest absolute Gasteiger partial charge is 0.270 e. The molecular weight excluding hydrogens is 354 g/mol. The normalized spacial score (nSPS) is 25.9. The number of rotatable bonds is 4. The van der Waals surface area contributed by atoms with Gasteiger partial charge in [-0.25, -0.2) is 15.0 Å². The van der Waals surface area contributed by atoms with Crippen molar-refractivity contribution < 1.29 is 9.59 Å². The van der Waals surface area contributed by atoms with Crippen LogP contribution in [0.1, 0.15) is 71.0 Å². The standard InChI is InChI=1S/C21H25N5O2/c1-14-5-3-6-16(23-14)18(27)25-20-8-4-9-21(13-20,11-10-20)26-19(28)17-7-12-22-15(2)24-17/h3,5-7,12H,4,8-11,13H2,1-2H3,(H,25,27)(H,26,28)/t20-,21-/m0/s1. The summed E-state index contributed by atoms with van der Waals surface area (Å²) in [5.74, 6) is 0.265. The third-order valence-electron chi connectivity index (χ3n) is 5.96. The first-order valence-electron chi connectivity index (χ1n) is 9.77. The van der Waals surface area contributed by atoms with Crippen LogP contribution in [0.3, 0.4) is 0 Å². The lowest BCUT2D eigenvalue weighted by molar-refractivity contribution is 0.0826. The van der Waals surface area contributed by atoms with Crippen LogP contribution in [-0.4, -0.2) is 37.8 Å². The molecule has 2 heterocycles. The largest absolute Gasteiger partial charge is 0.345 e. The van der Waals surface area contributed by atoms with E-state index < -0.39 is 0 Å². The van der Waals surface area contributed by atoms with Gasteiger partial charge in [0.15, 0.2) is 0 Å². The van der Waals surface area contributed by atoms with E-state index in [0.29, 0.717) is 17.2 Å². The van der Waals surface area contributed by atoms with Crippen LogP contribution >= 0.6 is 0 Å². The Morgan fingerprint density at radius 1 is 0.893 bits per heavy atom. The van der Waals surface area contributed by atoms with Crippen LogP contribution in [0.4, 0.5) is 0 Å². The minimum Gasteiger partial charge on any atom is -0.345 e. The maximum absolute atomic E-state index is 12.8. The van der Waals surface area contributed by atoms with E-state index in [4.69, 9.17) is 0 Å². The van der Waals surface area contributed by atoms with Gasteiger partial charge in [0, 0.05) is 23.0 Å². The summed E-state index contributed by atoms with van der Waals surface area (Å²) in [6.45, 7) is 3.64. The molecule has 7 nitrogen and oxygen atoms in total. The molecule has 0 aliphatic heterocycles. The minimum atomic E-state index is -0.290. The zero-order valence-corrected chi connectivity index (χ0v) is 16.3. The van der Waals surface area contributed by atoms with Gasteiger partial charge in [0.2, 0.25) is 0 Å². The molecule has 2 saturated carbocycles. The van der Waals surface area contributed by atoms with Crippen LogP contribution in [0, 0.1) is 13.8 Å². The summed E-state index contributed by atoms with van der Waals surface area (Å²) in [5, 5.41) is 6.45. The number of fused-ring (bicyclic) bond motifs is 2. The van der Waals surface area contributed by atoms with Crippen molar-refractivity contribution in [3.8, 4) is 0 Å². The van der Waals surface area contributed by atoms with Crippen molar-refractivity contribution >= 4 is 11.8 Å². The topological polar surface area (TPSA) is 96.9 Å². The number of aryl methyl sites for hydroxylation is 2. The highest BCUT2D eigenvalue weighted by molar-refractivity contribution is 5.93. The van der Waals surface area contributed by atoms with E-state index in [1.165, 1.54) is 0 Å². The molecule has 2 aromatic heterocycles. The number of carbonyl (C=O) groups excluding carboxylic acids is 2. The molecule has 146 valence electrons. The van der Waals surface area contributed by atoms with Crippen molar-refractivity contribution in [2.75, 3.05) is 0 Å². The van der Waals surface area contributed by atoms with E-state index in [2.05, 4.69) is 25.6 Å². The molecule has 2 atom stereocenters. The van der Waals surface area contributed by atoms with E-state index in [0.717, 1.165) is 44.2 Å². The van der Waals surface area contributed by atoms with Crippen LogP contribution in [-0.2, 0) is 0 Å². The molecule has 0 radical (unpaired) electrons. The van der Waals surface area contributed by atoms with Gasteiger partial charge in [-0.2, -0.15) is 0 Å². The molecule has 2 aliphatic rings. The molecule has 7 heteroatoms. The third kappa shape index (κ3) is 3.61. The highest BCUT2D eigenvalue weighted by Gasteiger charge is 2.52. The quantitative estimate of drug-likeness (QED) is 0.851. The third-order valence-corrected chi connectivity index (χ3v) is 5.96. The summed E-state index contributed by atoms with van der Waals surface area (Å²) in [7, 11) is 0.